The van der Waals surface area contributed by atoms with E-state index in [4.69, 9.17) is 14.4 Å². The van der Waals surface area contributed by atoms with Crippen LogP contribution in [0.5, 0.6) is 0 Å². The Kier molecular flexibility index (Phi) is 6.92. The number of aliphatic hydroxyl groups excluding tert-OH is 1. The van der Waals surface area contributed by atoms with Crippen LogP contribution >= 0.6 is 15.2 Å². The maximum atomic E-state index is 11.4. The molecule has 0 rings (SSSR count). The molecule has 0 amide bonds. The molecule has 0 heterocycles. The zero-order valence-electron chi connectivity index (χ0n) is 7.86. The van der Waals surface area contributed by atoms with Crippen LogP contribution < -0.4 is 0 Å². The second kappa shape index (κ2) is 6.74. The van der Waals surface area contributed by atoms with Crippen molar-refractivity contribution in [1.82, 2.24) is 0 Å². The minimum atomic E-state index is -2.77. The molecular formula is C6H16O5P2. The highest BCUT2D eigenvalue weighted by molar-refractivity contribution is 7.58. The fourth-order valence-electron chi connectivity index (χ4n) is 0.626. The quantitative estimate of drug-likeness (QED) is 0.661. The van der Waals surface area contributed by atoms with E-state index in [0.29, 0.717) is 0 Å². The first-order chi connectivity index (χ1) is 5.98. The highest BCUT2D eigenvalue weighted by Crippen LogP contribution is 2.42. The number of rotatable bonds is 7. The van der Waals surface area contributed by atoms with Gasteiger partial charge < -0.3 is 18.9 Å². The van der Waals surface area contributed by atoms with E-state index in [9.17, 15) is 9.13 Å². The van der Waals surface area contributed by atoms with Crippen molar-refractivity contribution in [3.8, 4) is 0 Å². The van der Waals surface area contributed by atoms with Gasteiger partial charge in [-0.1, -0.05) is 0 Å². The van der Waals surface area contributed by atoms with Gasteiger partial charge in [-0.05, 0) is 6.66 Å². The lowest BCUT2D eigenvalue weighted by atomic mass is 10.8. The van der Waals surface area contributed by atoms with E-state index in [1.165, 1.54) is 6.66 Å². The minimum absolute atomic E-state index is 0.0401. The Morgan fingerprint density at radius 2 is 2.15 bits per heavy atom. The van der Waals surface area contributed by atoms with Crippen LogP contribution in [0.25, 0.3) is 0 Å². The highest BCUT2D eigenvalue weighted by Gasteiger charge is 2.15. The number of hydrogen-bond acceptors (Lipinski definition) is 5. The Labute approximate surface area is 78.7 Å². The second-order valence-electron chi connectivity index (χ2n) is 2.75. The van der Waals surface area contributed by atoms with Gasteiger partial charge in [0.25, 0.3) is 0 Å². The molecule has 80 valence electrons. The Bertz CT molecular complexity index is 205. The Morgan fingerprint density at radius 3 is 2.62 bits per heavy atom. The molecule has 0 aliphatic heterocycles. The molecule has 0 saturated heterocycles. The fourth-order valence-corrected chi connectivity index (χ4v) is 2.15. The fraction of sp³-hybridized carbons (Fsp3) is 1.00. The third-order valence-electron chi connectivity index (χ3n) is 1.09. The number of ether oxygens (including phenoxy) is 1. The van der Waals surface area contributed by atoms with Crippen molar-refractivity contribution in [2.75, 3.05) is 39.2 Å². The smallest absolute Gasteiger partial charge is 0.225 e. The second-order valence-corrected chi connectivity index (χ2v) is 6.99. The first kappa shape index (κ1) is 13.3. The van der Waals surface area contributed by atoms with Crippen molar-refractivity contribution in [3.63, 3.8) is 0 Å². The van der Waals surface area contributed by atoms with Crippen LogP contribution in [0.4, 0.5) is 0 Å². The van der Waals surface area contributed by atoms with Gasteiger partial charge in [-0.2, -0.15) is 0 Å². The number of aliphatic hydroxyl groups is 1. The summed E-state index contributed by atoms with van der Waals surface area (Å²) in [6.45, 7) is 2.87. The summed E-state index contributed by atoms with van der Waals surface area (Å²) in [4.78, 5) is 0. The highest BCUT2D eigenvalue weighted by atomic mass is 31.2. The topological polar surface area (TPSA) is 72.8 Å². The first-order valence-corrected chi connectivity index (χ1v) is 8.24. The lowest BCUT2D eigenvalue weighted by Gasteiger charge is -2.12. The van der Waals surface area contributed by atoms with E-state index in [-0.39, 0.29) is 25.9 Å². The summed E-state index contributed by atoms with van der Waals surface area (Å²) in [5.41, 5.74) is 0. The third kappa shape index (κ3) is 8.66. The van der Waals surface area contributed by atoms with Crippen molar-refractivity contribution >= 4 is 15.2 Å². The predicted octanol–water partition coefficient (Wildman–Crippen LogP) is 1.02. The molecule has 1 N–H and O–H groups in total. The van der Waals surface area contributed by atoms with Crippen molar-refractivity contribution in [2.45, 2.75) is 0 Å². The van der Waals surface area contributed by atoms with Crippen molar-refractivity contribution in [3.05, 3.63) is 0 Å². The maximum absolute atomic E-state index is 11.4. The SMILES string of the molecule is C[PH](=O)COCP(C)(=O)OCCO. The molecule has 0 fully saturated rings. The van der Waals surface area contributed by atoms with Gasteiger partial charge in [0.2, 0.25) is 7.37 Å². The maximum Gasteiger partial charge on any atom is 0.225 e. The van der Waals surface area contributed by atoms with Crippen molar-refractivity contribution in [1.29, 1.82) is 0 Å². The van der Waals surface area contributed by atoms with Crippen LogP contribution in [-0.2, 0) is 18.4 Å². The van der Waals surface area contributed by atoms with Crippen LogP contribution in [0.1, 0.15) is 0 Å². The van der Waals surface area contributed by atoms with Crippen LogP contribution in [0.3, 0.4) is 0 Å². The summed E-state index contributed by atoms with van der Waals surface area (Å²) in [5, 5.41) is 8.41. The van der Waals surface area contributed by atoms with Crippen LogP contribution in [0.2, 0.25) is 0 Å². The molecule has 7 heteroatoms. The van der Waals surface area contributed by atoms with Crippen molar-refractivity contribution < 1.29 is 23.5 Å². The summed E-state index contributed by atoms with van der Waals surface area (Å²) >= 11 is 0. The molecule has 0 spiro atoms. The van der Waals surface area contributed by atoms with E-state index in [1.807, 2.05) is 0 Å². The van der Waals surface area contributed by atoms with Gasteiger partial charge in [0.05, 0.1) is 27.4 Å². The Balaban J connectivity index is 3.63. The van der Waals surface area contributed by atoms with E-state index in [1.54, 1.807) is 6.66 Å². The summed E-state index contributed by atoms with van der Waals surface area (Å²) in [7, 11) is -4.45. The van der Waals surface area contributed by atoms with Gasteiger partial charge in [-0.15, -0.1) is 0 Å². The van der Waals surface area contributed by atoms with Crippen molar-refractivity contribution in [2.24, 2.45) is 0 Å². The molecule has 2 atom stereocenters. The number of hydrogen-bond donors (Lipinski definition) is 1. The Hall–Kier alpha value is 0.340. The third-order valence-corrected chi connectivity index (χ3v) is 3.08. The molecule has 0 saturated carbocycles. The summed E-state index contributed by atoms with van der Waals surface area (Å²) < 4.78 is 31.8. The average Bonchev–Trinajstić information content (AvgIpc) is 2.00. The first-order valence-electron chi connectivity index (χ1n) is 3.87. The summed E-state index contributed by atoms with van der Waals surface area (Å²) in [6, 6.07) is 0. The Morgan fingerprint density at radius 1 is 1.54 bits per heavy atom. The zero-order valence-corrected chi connectivity index (χ0v) is 9.75. The zero-order chi connectivity index (χ0) is 10.3. The molecular weight excluding hydrogens is 214 g/mol. The average molecular weight is 230 g/mol. The van der Waals surface area contributed by atoms with E-state index in [2.05, 4.69) is 0 Å². The molecule has 0 aliphatic carbocycles. The molecule has 0 aromatic heterocycles. The van der Waals surface area contributed by atoms with E-state index in [0.717, 1.165) is 0 Å². The molecule has 0 aromatic carbocycles. The van der Waals surface area contributed by atoms with Gasteiger partial charge in [0, 0.05) is 6.66 Å². The molecule has 0 bridgehead atoms. The standard InChI is InChI=1S/C6H16O5P2/c1-12(8)5-10-6-13(2,9)11-4-3-7/h7,12H,3-6H2,1-2H3. The molecule has 5 nitrogen and oxygen atoms in total. The van der Waals surface area contributed by atoms with Crippen LogP contribution in [0, 0.1) is 0 Å². The van der Waals surface area contributed by atoms with Crippen LogP contribution in [0.15, 0.2) is 0 Å². The van der Waals surface area contributed by atoms with Crippen LogP contribution in [-0.4, -0.2) is 44.3 Å². The van der Waals surface area contributed by atoms with Gasteiger partial charge in [0.1, 0.15) is 6.35 Å². The van der Waals surface area contributed by atoms with Gasteiger partial charge in [0.15, 0.2) is 0 Å². The summed E-state index contributed by atoms with van der Waals surface area (Å²) in [5.74, 6) is 0. The van der Waals surface area contributed by atoms with Gasteiger partial charge in [-0.3, -0.25) is 4.57 Å². The largest absolute Gasteiger partial charge is 0.394 e. The molecule has 2 unspecified atom stereocenters. The molecule has 0 aliphatic rings. The molecule has 13 heavy (non-hydrogen) atoms. The lowest BCUT2D eigenvalue weighted by Crippen LogP contribution is -2.02. The summed E-state index contributed by atoms with van der Waals surface area (Å²) in [6.07, 6.45) is 0.0855. The molecule has 0 radical (unpaired) electrons. The lowest BCUT2D eigenvalue weighted by molar-refractivity contribution is 0.177. The monoisotopic (exact) mass is 230 g/mol. The van der Waals surface area contributed by atoms with E-state index >= 15 is 0 Å². The van der Waals surface area contributed by atoms with Gasteiger partial charge in [-0.25, -0.2) is 0 Å². The normalized spacial score (nSPS) is 18.1. The molecule has 0 aromatic rings. The minimum Gasteiger partial charge on any atom is -0.394 e. The van der Waals surface area contributed by atoms with Gasteiger partial charge >= 0.3 is 0 Å². The van der Waals surface area contributed by atoms with E-state index < -0.39 is 15.2 Å². The predicted molar refractivity (Wildman–Crippen MR) is 52.3 cm³/mol.